The molecule has 0 bridgehead atoms. The van der Waals surface area contributed by atoms with E-state index in [1.54, 1.807) is 0 Å². The van der Waals surface area contributed by atoms with Gasteiger partial charge in [-0.25, -0.2) is 0 Å². The minimum Gasteiger partial charge on any atom is -0.299 e. The van der Waals surface area contributed by atoms with Crippen LogP contribution in [0.15, 0.2) is 12.7 Å². The van der Waals surface area contributed by atoms with Gasteiger partial charge in [0.1, 0.15) is 6.29 Å². The van der Waals surface area contributed by atoms with Crippen LogP contribution in [0.25, 0.3) is 0 Å². The molecule has 0 N–H and O–H groups in total. The summed E-state index contributed by atoms with van der Waals surface area (Å²) in [4.78, 5) is 9.06. The van der Waals surface area contributed by atoms with Gasteiger partial charge in [0.15, 0.2) is 0 Å². The molecule has 0 aromatic heterocycles. The molecule has 0 spiro atoms. The number of rotatable bonds is 1. The monoisotopic (exact) mass is 59.0 g/mol. The molecule has 0 aromatic carbocycles. The summed E-state index contributed by atoms with van der Waals surface area (Å²) in [6.45, 7) is 3.11. The van der Waals surface area contributed by atoms with Gasteiger partial charge in [-0.3, -0.25) is 4.79 Å². The van der Waals surface area contributed by atoms with E-state index in [1.165, 1.54) is 6.08 Å². The van der Waals surface area contributed by atoms with E-state index >= 15 is 0 Å². The number of hydrogen-bond donors (Lipinski definition) is 0. The number of carbonyl (C=O) groups excluding carboxylic acids is 1. The largest absolute Gasteiger partial charge is 0.299 e. The topological polar surface area (TPSA) is 17.1 Å². The molecule has 22 valence electrons. The van der Waals surface area contributed by atoms with Crippen molar-refractivity contribution < 1.29 is 4.79 Å². The van der Waals surface area contributed by atoms with Crippen LogP contribution in [0.3, 0.4) is 0 Å². The second kappa shape index (κ2) is 2.41. The Bertz CT molecular complexity index is 24.3. The fourth-order valence-corrected chi connectivity index (χ4v) is 0. The molecule has 0 unspecified atom stereocenters. The molecule has 0 aliphatic carbocycles. The maximum absolute atomic E-state index is 9.06. The highest BCUT2D eigenvalue weighted by Crippen LogP contribution is 1.35. The molecule has 0 rings (SSSR count). The van der Waals surface area contributed by atoms with Gasteiger partial charge >= 0.3 is 0 Å². The van der Waals surface area contributed by atoms with Crippen LogP contribution in [0.1, 0.15) is 0 Å². The van der Waals surface area contributed by atoms with E-state index in [9.17, 15) is 0 Å². The first-order valence-electron chi connectivity index (χ1n) is 0.977. The van der Waals surface area contributed by atoms with E-state index in [2.05, 4.69) is 6.58 Å². The smallest absolute Gasteiger partial charge is 0.142 e. The number of hydrogen-bond acceptors (Lipinski definition) is 1. The minimum absolute atomic E-state index is 0.639. The van der Waals surface area contributed by atoms with E-state index in [0.29, 0.717) is 6.29 Å². The lowest BCUT2D eigenvalue weighted by Gasteiger charge is -1.37. The molecule has 0 radical (unpaired) electrons. The van der Waals surface area contributed by atoms with Crippen LogP contribution in [0.5, 0.6) is 0 Å². The fraction of sp³-hybridized carbons (Fsp3) is 0. The molecular formula is C3H4O. The van der Waals surface area contributed by atoms with Crippen LogP contribution in [-0.4, -0.2) is 6.29 Å². The third-order valence-corrected chi connectivity index (χ3v) is 0.0962. The maximum Gasteiger partial charge on any atom is 0.142 e. The summed E-state index contributed by atoms with van der Waals surface area (Å²) < 4.78 is 0. The Morgan fingerprint density at radius 2 is 2.00 bits per heavy atom. The van der Waals surface area contributed by atoms with E-state index < -0.39 is 0 Å². The maximum atomic E-state index is 9.06. The van der Waals surface area contributed by atoms with Crippen LogP contribution in [0, 0.1) is 0 Å². The number of aldehydes is 1. The van der Waals surface area contributed by atoms with Crippen LogP contribution in [0.2, 0.25) is 0 Å². The zero-order chi connectivity index (χ0) is 3.41. The standard InChI is InChI=1S/C3H4O/c1-2-3-4/h2-3H,1H2/i1+1,2+1,3+1. The Labute approximate surface area is 24.9 Å². The first-order valence-corrected chi connectivity index (χ1v) is 0.977. The molecule has 0 aliphatic rings. The summed E-state index contributed by atoms with van der Waals surface area (Å²) in [5, 5.41) is 0. The highest BCUT2D eigenvalue weighted by atomic mass is 16.2. The normalized spacial score (nSPS) is 5.00. The zero-order valence-electron chi connectivity index (χ0n) is 2.27. The summed E-state index contributed by atoms with van der Waals surface area (Å²) in [6, 6.07) is 0. The van der Waals surface area contributed by atoms with Crippen molar-refractivity contribution in [2.45, 2.75) is 0 Å². The van der Waals surface area contributed by atoms with E-state index in [0.717, 1.165) is 0 Å². The molecule has 0 amide bonds. The highest BCUT2D eigenvalue weighted by Gasteiger charge is 1.38. The predicted molar refractivity (Wildman–Crippen MR) is 16.3 cm³/mol. The molecule has 0 saturated carbocycles. The summed E-state index contributed by atoms with van der Waals surface area (Å²) >= 11 is 0. The summed E-state index contributed by atoms with van der Waals surface area (Å²) in [5.74, 6) is 0. The van der Waals surface area contributed by atoms with E-state index in [4.69, 9.17) is 4.79 Å². The van der Waals surface area contributed by atoms with E-state index in [-0.39, 0.29) is 0 Å². The number of carbonyl (C=O) groups is 1. The zero-order valence-corrected chi connectivity index (χ0v) is 2.27. The molecular weight excluding hydrogens is 55.0 g/mol. The van der Waals surface area contributed by atoms with Gasteiger partial charge in [0, 0.05) is 0 Å². The van der Waals surface area contributed by atoms with Gasteiger partial charge in [0.25, 0.3) is 0 Å². The van der Waals surface area contributed by atoms with Crippen LogP contribution in [0.4, 0.5) is 0 Å². The van der Waals surface area contributed by atoms with Gasteiger partial charge < -0.3 is 0 Å². The summed E-state index contributed by atoms with van der Waals surface area (Å²) in [6.07, 6.45) is 1.83. The molecule has 1 heteroatoms. The molecule has 4 heavy (non-hydrogen) atoms. The van der Waals surface area contributed by atoms with Crippen LogP contribution >= 0.6 is 0 Å². The van der Waals surface area contributed by atoms with Crippen LogP contribution in [-0.2, 0) is 4.79 Å². The molecule has 1 nitrogen and oxygen atoms in total. The van der Waals surface area contributed by atoms with Crippen molar-refractivity contribution in [3.8, 4) is 0 Å². The van der Waals surface area contributed by atoms with Gasteiger partial charge in [-0.05, 0) is 6.08 Å². The Balaban J connectivity index is 2.73. The Kier molecular flexibility index (Phi) is 2.05. The fourth-order valence-electron chi connectivity index (χ4n) is 0. The Hall–Kier alpha value is -0.590. The molecule has 0 fully saturated rings. The molecule has 0 heterocycles. The van der Waals surface area contributed by atoms with Crippen molar-refractivity contribution in [1.82, 2.24) is 0 Å². The molecule has 0 aliphatic heterocycles. The second-order valence-corrected chi connectivity index (χ2v) is 0.372. The quantitative estimate of drug-likeness (QED) is 0.242. The lowest BCUT2D eigenvalue weighted by Crippen LogP contribution is -1.44. The molecule has 0 atom stereocenters. The van der Waals surface area contributed by atoms with Crippen molar-refractivity contribution in [2.75, 3.05) is 0 Å². The third kappa shape index (κ3) is 1.41. The lowest BCUT2D eigenvalue weighted by molar-refractivity contribution is -0.104. The first-order chi connectivity index (χ1) is 1.91. The minimum atomic E-state index is 0.639. The van der Waals surface area contributed by atoms with Crippen molar-refractivity contribution in [2.24, 2.45) is 0 Å². The highest BCUT2D eigenvalue weighted by molar-refractivity contribution is 5.63. The second-order valence-electron chi connectivity index (χ2n) is 0.372. The Morgan fingerprint density at radius 1 is 1.75 bits per heavy atom. The molecule has 0 aromatic rings. The van der Waals surface area contributed by atoms with Gasteiger partial charge in [-0.15, -0.1) is 0 Å². The van der Waals surface area contributed by atoms with Crippen molar-refractivity contribution >= 4 is 6.29 Å². The summed E-state index contributed by atoms with van der Waals surface area (Å²) in [5.41, 5.74) is 0. The Morgan fingerprint density at radius 3 is 2.00 bits per heavy atom. The van der Waals surface area contributed by atoms with Crippen LogP contribution < -0.4 is 0 Å². The average molecular weight is 59.0 g/mol. The summed E-state index contributed by atoms with van der Waals surface area (Å²) in [7, 11) is 0. The van der Waals surface area contributed by atoms with Crippen molar-refractivity contribution in [3.05, 3.63) is 12.7 Å². The van der Waals surface area contributed by atoms with Crippen molar-refractivity contribution in [1.29, 1.82) is 0 Å². The lowest BCUT2D eigenvalue weighted by atomic mass is 11.7. The average Bonchev–Trinajstić information content (AvgIpc) is 1.37. The predicted octanol–water partition coefficient (Wildman–Crippen LogP) is 0.371. The van der Waals surface area contributed by atoms with Gasteiger partial charge in [0.05, 0.1) is 0 Å². The van der Waals surface area contributed by atoms with E-state index in [1.807, 2.05) is 0 Å². The van der Waals surface area contributed by atoms with Gasteiger partial charge in [-0.1, -0.05) is 6.58 Å². The molecule has 0 saturated heterocycles. The van der Waals surface area contributed by atoms with Crippen molar-refractivity contribution in [3.63, 3.8) is 0 Å². The third-order valence-electron chi connectivity index (χ3n) is 0.0962. The van der Waals surface area contributed by atoms with Gasteiger partial charge in [0.2, 0.25) is 0 Å². The number of allylic oxidation sites excluding steroid dienone is 1. The first kappa shape index (κ1) is 3.41. The SMILES string of the molecule is [13CH2]=[13CH][13CH]=O. The van der Waals surface area contributed by atoms with Gasteiger partial charge in [-0.2, -0.15) is 0 Å².